The van der Waals surface area contributed by atoms with E-state index < -0.39 is 0 Å². The Balaban J connectivity index is 2.07. The number of methoxy groups -OCH3 is 1. The standard InChI is InChI=1S/C13H26N3O3/c1-4-5-13-12-16(14-15(13)2)6-7-18-10-11-19-9-8-17-3/h12H,4-11H2,1-3H3/q+1. The summed E-state index contributed by atoms with van der Waals surface area (Å²) in [6.07, 6.45) is 4.28. The lowest BCUT2D eigenvalue weighted by Crippen LogP contribution is -2.38. The third-order valence-corrected chi connectivity index (χ3v) is 2.74. The van der Waals surface area contributed by atoms with E-state index >= 15 is 0 Å². The number of hydrogen-bond acceptors (Lipinski definition) is 4. The van der Waals surface area contributed by atoms with Crippen LogP contribution in [0.3, 0.4) is 0 Å². The molecule has 6 heteroatoms. The summed E-state index contributed by atoms with van der Waals surface area (Å²) in [5.74, 6) is 0. The van der Waals surface area contributed by atoms with Crippen molar-refractivity contribution in [2.75, 3.05) is 40.1 Å². The average Bonchev–Trinajstić information content (AvgIpc) is 2.74. The van der Waals surface area contributed by atoms with Crippen molar-refractivity contribution in [2.45, 2.75) is 26.3 Å². The van der Waals surface area contributed by atoms with E-state index in [2.05, 4.69) is 18.3 Å². The third-order valence-electron chi connectivity index (χ3n) is 2.74. The van der Waals surface area contributed by atoms with E-state index in [0.29, 0.717) is 33.0 Å². The molecule has 0 N–H and O–H groups in total. The second kappa shape index (κ2) is 9.89. The molecule has 0 aliphatic rings. The van der Waals surface area contributed by atoms with Crippen molar-refractivity contribution in [2.24, 2.45) is 7.05 Å². The van der Waals surface area contributed by atoms with Gasteiger partial charge in [-0.2, -0.15) is 0 Å². The Hall–Kier alpha value is -0.980. The highest BCUT2D eigenvalue weighted by Crippen LogP contribution is 1.96. The molecule has 1 aromatic heterocycles. The highest BCUT2D eigenvalue weighted by atomic mass is 16.5. The Morgan fingerprint density at radius 1 is 1.16 bits per heavy atom. The molecule has 0 atom stereocenters. The molecule has 19 heavy (non-hydrogen) atoms. The SMILES string of the molecule is CCCc1c[n+](CCOCCOCCOC)nn1C. The predicted octanol–water partition coefficient (Wildman–Crippen LogP) is 0.340. The summed E-state index contributed by atoms with van der Waals surface area (Å²) >= 11 is 0. The molecule has 0 saturated heterocycles. The first-order valence-electron chi connectivity index (χ1n) is 6.85. The summed E-state index contributed by atoms with van der Waals surface area (Å²) in [5, 5.41) is 4.39. The second-order valence-electron chi connectivity index (χ2n) is 4.36. The first-order chi connectivity index (χ1) is 9.27. The molecule has 1 aromatic rings. The number of aryl methyl sites for hydroxylation is 2. The maximum absolute atomic E-state index is 5.49. The molecule has 0 radical (unpaired) electrons. The normalized spacial score (nSPS) is 11.1. The van der Waals surface area contributed by atoms with Gasteiger partial charge in [0.2, 0.25) is 0 Å². The lowest BCUT2D eigenvalue weighted by molar-refractivity contribution is -0.756. The van der Waals surface area contributed by atoms with Crippen LogP contribution in [-0.2, 0) is 34.2 Å². The van der Waals surface area contributed by atoms with Gasteiger partial charge in [0.15, 0.2) is 11.9 Å². The summed E-state index contributed by atoms with van der Waals surface area (Å²) in [5.41, 5.74) is 1.25. The van der Waals surface area contributed by atoms with E-state index in [-0.39, 0.29) is 0 Å². The number of hydrogen-bond donors (Lipinski definition) is 0. The van der Waals surface area contributed by atoms with Gasteiger partial charge in [0, 0.05) is 13.5 Å². The molecule has 0 unspecified atom stereocenters. The van der Waals surface area contributed by atoms with Crippen LogP contribution < -0.4 is 4.68 Å². The minimum absolute atomic E-state index is 0.608. The van der Waals surface area contributed by atoms with E-state index in [1.165, 1.54) is 5.69 Å². The van der Waals surface area contributed by atoms with Crippen molar-refractivity contribution < 1.29 is 18.9 Å². The highest BCUT2D eigenvalue weighted by Gasteiger charge is 2.10. The molecular formula is C13H26N3O3+. The maximum Gasteiger partial charge on any atom is 0.167 e. The second-order valence-corrected chi connectivity index (χ2v) is 4.36. The Kier molecular flexibility index (Phi) is 8.36. The molecule has 0 aromatic carbocycles. The van der Waals surface area contributed by atoms with Crippen molar-refractivity contribution in [1.29, 1.82) is 0 Å². The van der Waals surface area contributed by atoms with Gasteiger partial charge in [-0.3, -0.25) is 0 Å². The summed E-state index contributed by atoms with van der Waals surface area (Å²) < 4.78 is 19.5. The fraction of sp³-hybridized carbons (Fsp3) is 0.846. The molecule has 0 aliphatic carbocycles. The Morgan fingerprint density at radius 2 is 1.84 bits per heavy atom. The Bertz CT molecular complexity index is 342. The van der Waals surface area contributed by atoms with E-state index in [0.717, 1.165) is 19.4 Å². The van der Waals surface area contributed by atoms with Gasteiger partial charge in [-0.15, -0.1) is 9.36 Å². The first kappa shape index (κ1) is 16.1. The monoisotopic (exact) mass is 272 g/mol. The summed E-state index contributed by atoms with van der Waals surface area (Å²) in [6, 6.07) is 0. The van der Waals surface area contributed by atoms with Gasteiger partial charge in [-0.1, -0.05) is 6.92 Å². The molecule has 0 saturated carbocycles. The summed E-state index contributed by atoms with van der Waals surface area (Å²) in [4.78, 5) is 0. The van der Waals surface area contributed by atoms with Crippen LogP contribution in [0.4, 0.5) is 0 Å². The van der Waals surface area contributed by atoms with Crippen LogP contribution in [0.5, 0.6) is 0 Å². The Labute approximate surface area is 115 Å². The van der Waals surface area contributed by atoms with E-state index in [1.54, 1.807) is 7.11 Å². The molecule has 6 nitrogen and oxygen atoms in total. The van der Waals surface area contributed by atoms with Gasteiger partial charge in [0.05, 0.1) is 38.2 Å². The lowest BCUT2D eigenvalue weighted by Gasteiger charge is -2.03. The quantitative estimate of drug-likeness (QED) is 0.430. The molecule has 0 amide bonds. The van der Waals surface area contributed by atoms with E-state index in [1.807, 2.05) is 16.4 Å². The fourth-order valence-electron chi connectivity index (χ4n) is 1.73. The van der Waals surface area contributed by atoms with Gasteiger partial charge >= 0.3 is 0 Å². The zero-order valence-electron chi connectivity index (χ0n) is 12.3. The van der Waals surface area contributed by atoms with Crippen molar-refractivity contribution in [1.82, 2.24) is 9.90 Å². The van der Waals surface area contributed by atoms with Gasteiger partial charge in [0.1, 0.15) is 13.6 Å². The van der Waals surface area contributed by atoms with Crippen LogP contribution in [0.25, 0.3) is 0 Å². The Morgan fingerprint density at radius 3 is 2.53 bits per heavy atom. The van der Waals surface area contributed by atoms with Crippen molar-refractivity contribution in [3.63, 3.8) is 0 Å². The minimum atomic E-state index is 0.608. The molecule has 0 spiro atoms. The smallest absolute Gasteiger partial charge is 0.167 e. The molecular weight excluding hydrogens is 246 g/mol. The largest absolute Gasteiger partial charge is 0.382 e. The predicted molar refractivity (Wildman–Crippen MR) is 70.9 cm³/mol. The van der Waals surface area contributed by atoms with E-state index in [9.17, 15) is 0 Å². The van der Waals surface area contributed by atoms with Crippen LogP contribution in [0.2, 0.25) is 0 Å². The van der Waals surface area contributed by atoms with Crippen LogP contribution in [-0.4, -0.2) is 50.0 Å². The summed E-state index contributed by atoms with van der Waals surface area (Å²) in [6.45, 7) is 6.07. The molecule has 0 fully saturated rings. The molecule has 0 aliphatic heterocycles. The number of aromatic nitrogens is 3. The van der Waals surface area contributed by atoms with Gasteiger partial charge < -0.3 is 14.2 Å². The van der Waals surface area contributed by atoms with Crippen LogP contribution in [0, 0.1) is 0 Å². The average molecular weight is 272 g/mol. The first-order valence-corrected chi connectivity index (χ1v) is 6.85. The fourth-order valence-corrected chi connectivity index (χ4v) is 1.73. The third kappa shape index (κ3) is 6.66. The molecule has 0 bridgehead atoms. The molecule has 1 heterocycles. The van der Waals surface area contributed by atoms with Crippen molar-refractivity contribution in [3.8, 4) is 0 Å². The lowest BCUT2D eigenvalue weighted by atomic mass is 10.3. The number of nitrogens with zero attached hydrogens (tertiary/aromatic N) is 3. The van der Waals surface area contributed by atoms with Gasteiger partial charge in [0.25, 0.3) is 0 Å². The number of rotatable bonds is 11. The zero-order valence-corrected chi connectivity index (χ0v) is 12.3. The van der Waals surface area contributed by atoms with Gasteiger partial charge in [-0.05, 0) is 6.42 Å². The van der Waals surface area contributed by atoms with Crippen LogP contribution in [0.1, 0.15) is 19.0 Å². The highest BCUT2D eigenvalue weighted by molar-refractivity contribution is 4.89. The van der Waals surface area contributed by atoms with Crippen molar-refractivity contribution >= 4 is 0 Å². The van der Waals surface area contributed by atoms with Crippen LogP contribution >= 0.6 is 0 Å². The minimum Gasteiger partial charge on any atom is -0.382 e. The number of ether oxygens (including phenoxy) is 3. The topological polar surface area (TPSA) is 49.4 Å². The zero-order chi connectivity index (χ0) is 13.9. The van der Waals surface area contributed by atoms with Crippen LogP contribution in [0.15, 0.2) is 6.20 Å². The summed E-state index contributed by atoms with van der Waals surface area (Å²) in [7, 11) is 3.64. The molecule has 1 rings (SSSR count). The maximum atomic E-state index is 5.49. The van der Waals surface area contributed by atoms with E-state index in [4.69, 9.17) is 14.2 Å². The molecule has 110 valence electrons. The van der Waals surface area contributed by atoms with Gasteiger partial charge in [-0.25, -0.2) is 0 Å². The van der Waals surface area contributed by atoms with Crippen molar-refractivity contribution in [3.05, 3.63) is 11.9 Å².